The molecule has 4 aliphatic heterocycles. The van der Waals surface area contributed by atoms with E-state index in [0.717, 1.165) is 37.6 Å². The lowest BCUT2D eigenvalue weighted by Gasteiger charge is -2.35. The number of allylic oxidation sites excluding steroid dienone is 1. The number of amidine groups is 1. The predicted molar refractivity (Wildman–Crippen MR) is 137 cm³/mol. The molecule has 9 nitrogen and oxygen atoms in total. The molecule has 2 saturated heterocycles. The molecule has 206 valence electrons. The SMILES string of the molecule is N[N+]12C=CN=CC1=C([C@@H]1CC[C@H]3CCC(=O)N3C1)N=C2c1ccc(C(=O)Nc2cc(C(F)(F)F)ccn2)cc1F. The van der Waals surface area contributed by atoms with E-state index in [1.54, 1.807) is 12.4 Å². The van der Waals surface area contributed by atoms with E-state index in [-0.39, 0.29) is 40.6 Å². The number of aliphatic imine (C=N–C) groups is 2. The average molecular weight is 555 g/mol. The van der Waals surface area contributed by atoms with Crippen LogP contribution in [0.1, 0.15) is 47.2 Å². The van der Waals surface area contributed by atoms with Crippen molar-refractivity contribution >= 4 is 29.7 Å². The van der Waals surface area contributed by atoms with Gasteiger partial charge in [0.25, 0.3) is 11.7 Å². The molecule has 6 rings (SSSR count). The lowest BCUT2D eigenvalue weighted by molar-refractivity contribution is -0.750. The van der Waals surface area contributed by atoms with E-state index in [2.05, 4.69) is 15.3 Å². The first-order valence-electron chi connectivity index (χ1n) is 12.7. The molecule has 2 fully saturated rings. The van der Waals surface area contributed by atoms with Crippen LogP contribution in [0.3, 0.4) is 0 Å². The molecule has 1 aromatic heterocycles. The number of rotatable bonds is 4. The van der Waals surface area contributed by atoms with E-state index in [0.29, 0.717) is 30.4 Å². The molecule has 2 aromatic rings. The van der Waals surface area contributed by atoms with Gasteiger partial charge in [-0.3, -0.25) is 14.6 Å². The summed E-state index contributed by atoms with van der Waals surface area (Å²) in [7, 11) is 0. The average Bonchev–Trinajstić information content (AvgIpc) is 3.45. The molecule has 1 aromatic carbocycles. The summed E-state index contributed by atoms with van der Waals surface area (Å²) in [4.78, 5) is 39.7. The molecular formula is C27H24F4N7O2+. The second-order valence-electron chi connectivity index (χ2n) is 10.1. The van der Waals surface area contributed by atoms with Gasteiger partial charge >= 0.3 is 6.18 Å². The molecule has 0 saturated carbocycles. The third-order valence-electron chi connectivity index (χ3n) is 7.73. The molecular weight excluding hydrogens is 530 g/mol. The van der Waals surface area contributed by atoms with Crippen LogP contribution in [0.5, 0.6) is 0 Å². The van der Waals surface area contributed by atoms with Gasteiger partial charge in [0, 0.05) is 36.7 Å². The largest absolute Gasteiger partial charge is 0.416 e. The van der Waals surface area contributed by atoms with Gasteiger partial charge in [0.05, 0.1) is 23.5 Å². The maximum Gasteiger partial charge on any atom is 0.416 e. The van der Waals surface area contributed by atoms with Crippen molar-refractivity contribution in [2.75, 3.05) is 11.9 Å². The highest BCUT2D eigenvalue weighted by Gasteiger charge is 2.48. The smallest absolute Gasteiger partial charge is 0.339 e. The number of aromatic nitrogens is 1. The maximum absolute atomic E-state index is 15.5. The van der Waals surface area contributed by atoms with Crippen LogP contribution in [0.4, 0.5) is 23.4 Å². The normalized spacial score (nSPS) is 25.7. The van der Waals surface area contributed by atoms with Crippen molar-refractivity contribution in [3.8, 4) is 0 Å². The lowest BCUT2D eigenvalue weighted by atomic mass is 9.90. The Balaban J connectivity index is 1.28. The van der Waals surface area contributed by atoms with E-state index in [4.69, 9.17) is 10.8 Å². The Kier molecular flexibility index (Phi) is 6.15. The van der Waals surface area contributed by atoms with E-state index in [1.807, 2.05) is 4.90 Å². The number of hydrogen-bond donors (Lipinski definition) is 2. The summed E-state index contributed by atoms with van der Waals surface area (Å²) >= 11 is 0. The van der Waals surface area contributed by atoms with Crippen LogP contribution in [0.2, 0.25) is 0 Å². The lowest BCUT2D eigenvalue weighted by Crippen LogP contribution is -2.53. The number of alkyl halides is 3. The minimum atomic E-state index is -4.61. The Morgan fingerprint density at radius 1 is 1.15 bits per heavy atom. The molecule has 3 atom stereocenters. The Labute approximate surface area is 226 Å². The molecule has 13 heteroatoms. The first-order chi connectivity index (χ1) is 19.0. The fraction of sp³-hybridized carbons (Fsp3) is 0.296. The summed E-state index contributed by atoms with van der Waals surface area (Å²) in [5.74, 6) is 4.99. The number of anilines is 1. The highest BCUT2D eigenvalue weighted by atomic mass is 19.4. The van der Waals surface area contributed by atoms with Gasteiger partial charge in [-0.1, -0.05) is 0 Å². The molecule has 5 heterocycles. The molecule has 40 heavy (non-hydrogen) atoms. The van der Waals surface area contributed by atoms with E-state index >= 15 is 4.39 Å². The summed E-state index contributed by atoms with van der Waals surface area (Å²) in [5, 5.41) is 2.27. The number of carbonyl (C=O) groups is 2. The number of carbonyl (C=O) groups excluding carboxylic acids is 2. The van der Waals surface area contributed by atoms with Crippen molar-refractivity contribution in [3.63, 3.8) is 0 Å². The molecule has 2 amide bonds. The van der Waals surface area contributed by atoms with Gasteiger partial charge in [-0.25, -0.2) is 9.37 Å². The summed E-state index contributed by atoms with van der Waals surface area (Å²) in [5.41, 5.74) is 0.160. The highest BCUT2D eigenvalue weighted by molar-refractivity contribution is 6.05. The van der Waals surface area contributed by atoms with Crippen LogP contribution in [-0.2, 0) is 11.0 Å². The summed E-state index contributed by atoms with van der Waals surface area (Å²) in [6, 6.07) is 5.38. The first-order valence-corrected chi connectivity index (χ1v) is 12.7. The summed E-state index contributed by atoms with van der Waals surface area (Å²) < 4.78 is 54.1. The fourth-order valence-electron chi connectivity index (χ4n) is 5.68. The number of nitrogens with zero attached hydrogens (tertiary/aromatic N) is 5. The van der Waals surface area contributed by atoms with Gasteiger partial charge in [-0.2, -0.15) is 24.0 Å². The molecule has 0 aliphatic carbocycles. The van der Waals surface area contributed by atoms with Gasteiger partial charge < -0.3 is 10.2 Å². The molecule has 0 spiro atoms. The zero-order valence-electron chi connectivity index (χ0n) is 21.0. The van der Waals surface area contributed by atoms with Crippen LogP contribution in [0.15, 0.2) is 70.3 Å². The van der Waals surface area contributed by atoms with Gasteiger partial charge in [-0.05, 0) is 49.6 Å². The Morgan fingerprint density at radius 3 is 2.75 bits per heavy atom. The molecule has 0 bridgehead atoms. The number of fused-ring (bicyclic) bond motifs is 2. The Bertz CT molecular complexity index is 1550. The van der Waals surface area contributed by atoms with Crippen LogP contribution in [-0.4, -0.2) is 50.9 Å². The molecule has 0 radical (unpaired) electrons. The monoisotopic (exact) mass is 554 g/mol. The zero-order chi connectivity index (χ0) is 28.2. The number of halogens is 4. The predicted octanol–water partition coefficient (Wildman–Crippen LogP) is 4.11. The number of nitrogens with one attached hydrogen (secondary N) is 1. The van der Waals surface area contributed by atoms with Crippen molar-refractivity contribution in [2.45, 2.75) is 37.9 Å². The maximum atomic E-state index is 15.5. The number of amides is 2. The van der Waals surface area contributed by atoms with Gasteiger partial charge in [0.1, 0.15) is 23.5 Å². The van der Waals surface area contributed by atoms with E-state index < -0.39 is 28.1 Å². The molecule has 4 aliphatic rings. The van der Waals surface area contributed by atoms with Gasteiger partial charge in [0.2, 0.25) is 11.6 Å². The number of nitrogens with two attached hydrogens (primary N) is 1. The molecule has 1 unspecified atom stereocenters. The van der Waals surface area contributed by atoms with E-state index in [9.17, 15) is 22.8 Å². The van der Waals surface area contributed by atoms with Crippen molar-refractivity contribution in [1.29, 1.82) is 0 Å². The Morgan fingerprint density at radius 2 is 1.98 bits per heavy atom. The van der Waals surface area contributed by atoms with Crippen molar-refractivity contribution < 1.29 is 31.7 Å². The summed E-state index contributed by atoms with van der Waals surface area (Å²) in [6.07, 6.45) is 4.00. The number of benzene rings is 1. The van der Waals surface area contributed by atoms with Crippen LogP contribution in [0, 0.1) is 11.7 Å². The van der Waals surface area contributed by atoms with Gasteiger partial charge in [-0.15, -0.1) is 4.59 Å². The highest BCUT2D eigenvalue weighted by Crippen LogP contribution is 2.40. The Hall–Kier alpha value is -4.23. The van der Waals surface area contributed by atoms with Crippen LogP contribution >= 0.6 is 0 Å². The summed E-state index contributed by atoms with van der Waals surface area (Å²) in [6.45, 7) is 0.502. The quantitative estimate of drug-likeness (QED) is 0.337. The van der Waals surface area contributed by atoms with Crippen LogP contribution < -0.4 is 11.2 Å². The second kappa shape index (κ2) is 9.45. The third-order valence-corrected chi connectivity index (χ3v) is 7.73. The third kappa shape index (κ3) is 4.40. The van der Waals surface area contributed by atoms with Gasteiger partial charge in [0.15, 0.2) is 0 Å². The number of pyridine rings is 1. The van der Waals surface area contributed by atoms with E-state index in [1.165, 1.54) is 18.3 Å². The molecule has 3 N–H and O–H groups in total. The van der Waals surface area contributed by atoms with Crippen molar-refractivity contribution in [1.82, 2.24) is 9.88 Å². The standard InChI is InChI=1S/C27H23F4N7O2/c28-20-11-15(26(40)35-22-12-17(7-8-34-22)27(29,30)31)2-5-19(20)25-36-24(21-13-33-9-10-38(21,25)32)16-1-3-18-4-6-23(39)37(18)14-16/h2,5,7-13,16,18H,1,3-4,6,14,32H2/p+1/t16-,18+,38?/m1/s1. The number of piperidine rings is 1. The minimum absolute atomic E-state index is 0.0506. The second-order valence-corrected chi connectivity index (χ2v) is 10.1. The van der Waals surface area contributed by atoms with Crippen LogP contribution in [0.25, 0.3) is 0 Å². The minimum Gasteiger partial charge on any atom is -0.339 e. The number of quaternary nitrogens is 1. The first kappa shape index (κ1) is 26.0. The van der Waals surface area contributed by atoms with Crippen molar-refractivity contribution in [3.05, 3.63) is 82.8 Å². The van der Waals surface area contributed by atoms with Crippen molar-refractivity contribution in [2.24, 2.45) is 21.7 Å². The zero-order valence-corrected chi connectivity index (χ0v) is 21.0. The topological polar surface area (TPSA) is 113 Å². The number of hydrogen-bond acceptors (Lipinski definition) is 6. The fourth-order valence-corrected chi connectivity index (χ4v) is 5.68.